The Bertz CT molecular complexity index is 614. The normalized spacial score (nSPS) is 30.5. The SMILES string of the molecule is NNC(c1cc2cc(Cl)ccc2o1)C1C2CCCC21. The molecule has 1 aromatic heterocycles. The maximum Gasteiger partial charge on any atom is 0.134 e. The van der Waals surface area contributed by atoms with Gasteiger partial charge in [-0.1, -0.05) is 18.0 Å². The summed E-state index contributed by atoms with van der Waals surface area (Å²) in [5.74, 6) is 9.05. The highest BCUT2D eigenvalue weighted by molar-refractivity contribution is 6.31. The van der Waals surface area contributed by atoms with E-state index in [0.29, 0.717) is 5.92 Å². The summed E-state index contributed by atoms with van der Waals surface area (Å²) in [5.41, 5.74) is 3.84. The molecule has 2 fully saturated rings. The highest BCUT2D eigenvalue weighted by Gasteiger charge is 2.56. The predicted octanol–water partition coefficient (Wildman–Crippen LogP) is 3.64. The number of benzene rings is 1. The van der Waals surface area contributed by atoms with E-state index in [0.717, 1.165) is 33.6 Å². The fraction of sp³-hybridized carbons (Fsp3) is 0.467. The van der Waals surface area contributed by atoms with Gasteiger partial charge in [-0.3, -0.25) is 5.84 Å². The number of fused-ring (bicyclic) bond motifs is 2. The molecule has 0 amide bonds. The summed E-state index contributed by atoms with van der Waals surface area (Å²) >= 11 is 6.01. The zero-order chi connectivity index (χ0) is 13.0. The van der Waals surface area contributed by atoms with Crippen molar-refractivity contribution in [3.8, 4) is 0 Å². The molecular weight excluding hydrogens is 260 g/mol. The number of nitrogens with one attached hydrogen (secondary N) is 1. The molecule has 0 bridgehead atoms. The Hall–Kier alpha value is -1.03. The van der Waals surface area contributed by atoms with Crippen LogP contribution < -0.4 is 11.3 Å². The summed E-state index contributed by atoms with van der Waals surface area (Å²) in [7, 11) is 0. The smallest absolute Gasteiger partial charge is 0.134 e. The van der Waals surface area contributed by atoms with Gasteiger partial charge >= 0.3 is 0 Å². The number of furan rings is 1. The van der Waals surface area contributed by atoms with Crippen molar-refractivity contribution in [3.05, 3.63) is 35.0 Å². The van der Waals surface area contributed by atoms with Crippen molar-refractivity contribution in [1.29, 1.82) is 0 Å². The first-order valence-corrected chi connectivity index (χ1v) is 7.31. The van der Waals surface area contributed by atoms with Gasteiger partial charge in [-0.2, -0.15) is 0 Å². The zero-order valence-electron chi connectivity index (χ0n) is 10.6. The lowest BCUT2D eigenvalue weighted by Crippen LogP contribution is -2.30. The first-order valence-electron chi connectivity index (χ1n) is 6.93. The summed E-state index contributed by atoms with van der Waals surface area (Å²) < 4.78 is 5.94. The second-order valence-corrected chi connectivity index (χ2v) is 6.25. The number of halogens is 1. The van der Waals surface area contributed by atoms with E-state index in [4.69, 9.17) is 21.9 Å². The van der Waals surface area contributed by atoms with E-state index in [1.807, 2.05) is 18.2 Å². The third-order valence-electron chi connectivity index (χ3n) is 4.84. The van der Waals surface area contributed by atoms with Gasteiger partial charge in [0.05, 0.1) is 6.04 Å². The Labute approximate surface area is 117 Å². The van der Waals surface area contributed by atoms with E-state index in [9.17, 15) is 0 Å². The fourth-order valence-corrected chi connectivity index (χ4v) is 4.12. The van der Waals surface area contributed by atoms with Crippen molar-refractivity contribution >= 4 is 22.6 Å². The maximum absolute atomic E-state index is 6.01. The van der Waals surface area contributed by atoms with Gasteiger partial charge in [0.2, 0.25) is 0 Å². The number of rotatable bonds is 3. The average Bonchev–Trinajstić information content (AvgIpc) is 2.81. The van der Waals surface area contributed by atoms with E-state index in [1.165, 1.54) is 19.3 Å². The first-order chi connectivity index (χ1) is 9.28. The van der Waals surface area contributed by atoms with E-state index in [2.05, 4.69) is 11.5 Å². The Morgan fingerprint density at radius 3 is 2.79 bits per heavy atom. The maximum atomic E-state index is 6.01. The van der Waals surface area contributed by atoms with Gasteiger partial charge in [-0.05, 0) is 54.9 Å². The van der Waals surface area contributed by atoms with Crippen LogP contribution in [-0.2, 0) is 0 Å². The van der Waals surface area contributed by atoms with Gasteiger partial charge in [0.25, 0.3) is 0 Å². The Kier molecular flexibility index (Phi) is 2.62. The van der Waals surface area contributed by atoms with Crippen molar-refractivity contribution in [2.45, 2.75) is 25.3 Å². The lowest BCUT2D eigenvalue weighted by Gasteiger charge is -2.15. The average molecular weight is 277 g/mol. The zero-order valence-corrected chi connectivity index (χ0v) is 11.4. The molecule has 4 heteroatoms. The molecule has 3 N–H and O–H groups in total. The van der Waals surface area contributed by atoms with Crippen molar-refractivity contribution in [2.24, 2.45) is 23.6 Å². The summed E-state index contributed by atoms with van der Waals surface area (Å²) in [5, 5.41) is 1.79. The molecular formula is C15H17ClN2O. The number of hydrazine groups is 1. The van der Waals surface area contributed by atoms with Crippen molar-refractivity contribution in [2.75, 3.05) is 0 Å². The Morgan fingerprint density at radius 2 is 2.05 bits per heavy atom. The highest BCUT2D eigenvalue weighted by atomic mass is 35.5. The second kappa shape index (κ2) is 4.23. The number of hydrogen-bond donors (Lipinski definition) is 2. The molecule has 1 heterocycles. The largest absolute Gasteiger partial charge is 0.459 e. The van der Waals surface area contributed by atoms with Gasteiger partial charge in [0.15, 0.2) is 0 Å². The summed E-state index contributed by atoms with van der Waals surface area (Å²) in [6, 6.07) is 7.92. The minimum absolute atomic E-state index is 0.140. The van der Waals surface area contributed by atoms with Crippen LogP contribution in [0.5, 0.6) is 0 Å². The first kappa shape index (κ1) is 11.8. The molecule has 2 saturated carbocycles. The van der Waals surface area contributed by atoms with Crippen LogP contribution >= 0.6 is 11.6 Å². The van der Waals surface area contributed by atoms with Crippen LogP contribution in [0.15, 0.2) is 28.7 Å². The number of nitrogens with two attached hydrogens (primary N) is 1. The predicted molar refractivity (Wildman–Crippen MR) is 75.6 cm³/mol. The summed E-state index contributed by atoms with van der Waals surface area (Å²) in [6.45, 7) is 0. The third kappa shape index (κ3) is 1.80. The molecule has 4 rings (SSSR count). The van der Waals surface area contributed by atoms with Crippen LogP contribution in [0.3, 0.4) is 0 Å². The molecule has 0 radical (unpaired) electrons. The van der Waals surface area contributed by atoms with E-state index < -0.39 is 0 Å². The van der Waals surface area contributed by atoms with Crippen LogP contribution in [0.4, 0.5) is 0 Å². The molecule has 2 aliphatic carbocycles. The minimum atomic E-state index is 0.140. The van der Waals surface area contributed by atoms with Crippen molar-refractivity contribution in [3.63, 3.8) is 0 Å². The lowest BCUT2D eigenvalue weighted by atomic mass is 10.0. The van der Waals surface area contributed by atoms with Gasteiger partial charge in [-0.15, -0.1) is 0 Å². The molecule has 2 aliphatic rings. The molecule has 100 valence electrons. The molecule has 0 spiro atoms. The molecule has 3 nitrogen and oxygen atoms in total. The Morgan fingerprint density at radius 1 is 1.26 bits per heavy atom. The molecule has 0 saturated heterocycles. The standard InChI is InChI=1S/C15H17ClN2O/c16-9-4-5-12-8(6-9)7-13(19-12)15(18-17)14-10-2-1-3-11(10)14/h4-7,10-11,14-15,18H,1-3,17H2. The summed E-state index contributed by atoms with van der Waals surface area (Å²) in [4.78, 5) is 0. The quantitative estimate of drug-likeness (QED) is 0.665. The second-order valence-electron chi connectivity index (χ2n) is 5.81. The van der Waals surface area contributed by atoms with Crippen molar-refractivity contribution < 1.29 is 4.42 Å². The van der Waals surface area contributed by atoms with Gasteiger partial charge < -0.3 is 4.42 Å². The van der Waals surface area contributed by atoms with E-state index in [1.54, 1.807) is 0 Å². The molecule has 3 atom stereocenters. The van der Waals surface area contributed by atoms with Gasteiger partial charge in [0.1, 0.15) is 11.3 Å². The molecule has 19 heavy (non-hydrogen) atoms. The highest BCUT2D eigenvalue weighted by Crippen LogP contribution is 2.62. The van der Waals surface area contributed by atoms with Crippen LogP contribution in [0.1, 0.15) is 31.1 Å². The van der Waals surface area contributed by atoms with Crippen LogP contribution in [0.25, 0.3) is 11.0 Å². The minimum Gasteiger partial charge on any atom is -0.459 e. The van der Waals surface area contributed by atoms with Gasteiger partial charge in [-0.25, -0.2) is 5.43 Å². The topological polar surface area (TPSA) is 51.2 Å². The van der Waals surface area contributed by atoms with Crippen LogP contribution in [0.2, 0.25) is 5.02 Å². The Balaban J connectivity index is 1.68. The van der Waals surface area contributed by atoms with Crippen molar-refractivity contribution in [1.82, 2.24) is 5.43 Å². The molecule has 3 unspecified atom stereocenters. The monoisotopic (exact) mass is 276 g/mol. The number of hydrogen-bond acceptors (Lipinski definition) is 3. The molecule has 0 aliphatic heterocycles. The van der Waals surface area contributed by atoms with Crippen LogP contribution in [-0.4, -0.2) is 0 Å². The van der Waals surface area contributed by atoms with Gasteiger partial charge in [0, 0.05) is 10.4 Å². The summed E-state index contributed by atoms with van der Waals surface area (Å²) in [6.07, 6.45) is 4.07. The van der Waals surface area contributed by atoms with E-state index >= 15 is 0 Å². The van der Waals surface area contributed by atoms with Crippen LogP contribution in [0, 0.1) is 17.8 Å². The molecule has 1 aromatic carbocycles. The fourth-order valence-electron chi connectivity index (χ4n) is 3.94. The van der Waals surface area contributed by atoms with E-state index in [-0.39, 0.29) is 6.04 Å². The lowest BCUT2D eigenvalue weighted by molar-refractivity contribution is 0.363. The molecule has 2 aromatic rings. The third-order valence-corrected chi connectivity index (χ3v) is 5.08.